The molecule has 0 bridgehead atoms. The van der Waals surface area contributed by atoms with Gasteiger partial charge in [-0.1, -0.05) is 20.8 Å². The average molecular weight is 258 g/mol. The van der Waals surface area contributed by atoms with Crippen molar-refractivity contribution in [3.05, 3.63) is 0 Å². The summed E-state index contributed by atoms with van der Waals surface area (Å²) in [7, 11) is 0. The third-order valence-electron chi connectivity index (χ3n) is 3.18. The van der Waals surface area contributed by atoms with Crippen LogP contribution >= 0.6 is 0 Å². The van der Waals surface area contributed by atoms with Crippen molar-refractivity contribution in [3.8, 4) is 0 Å². The SMILES string of the molecule is CCOCC(NC(=O)CCC(C)CCN)C(C)C. The lowest BCUT2D eigenvalue weighted by atomic mass is 10.0. The molecule has 2 atom stereocenters. The zero-order valence-electron chi connectivity index (χ0n) is 12.4. The summed E-state index contributed by atoms with van der Waals surface area (Å²) in [5.41, 5.74) is 5.49. The summed E-state index contributed by atoms with van der Waals surface area (Å²) in [5.74, 6) is 1.03. The first-order chi connectivity index (χ1) is 8.51. The van der Waals surface area contributed by atoms with Gasteiger partial charge in [-0.25, -0.2) is 0 Å². The van der Waals surface area contributed by atoms with Gasteiger partial charge in [0, 0.05) is 13.0 Å². The Morgan fingerprint density at radius 3 is 2.44 bits per heavy atom. The molecule has 0 aliphatic heterocycles. The van der Waals surface area contributed by atoms with Crippen LogP contribution in [0.4, 0.5) is 0 Å². The molecule has 0 radical (unpaired) electrons. The van der Waals surface area contributed by atoms with Crippen molar-refractivity contribution in [1.82, 2.24) is 5.32 Å². The average Bonchev–Trinajstić information content (AvgIpc) is 2.32. The smallest absolute Gasteiger partial charge is 0.220 e. The van der Waals surface area contributed by atoms with Crippen LogP contribution < -0.4 is 11.1 Å². The van der Waals surface area contributed by atoms with Crippen LogP contribution in [0.5, 0.6) is 0 Å². The van der Waals surface area contributed by atoms with Crippen LogP contribution in [0.25, 0.3) is 0 Å². The molecule has 0 spiro atoms. The van der Waals surface area contributed by atoms with E-state index in [1.807, 2.05) is 6.92 Å². The third-order valence-corrected chi connectivity index (χ3v) is 3.18. The minimum atomic E-state index is 0.113. The summed E-state index contributed by atoms with van der Waals surface area (Å²) in [6.45, 7) is 10.3. The van der Waals surface area contributed by atoms with Gasteiger partial charge in [0.15, 0.2) is 0 Å². The lowest BCUT2D eigenvalue weighted by Gasteiger charge is -2.22. The first kappa shape index (κ1) is 17.4. The molecule has 4 nitrogen and oxygen atoms in total. The Hall–Kier alpha value is -0.610. The minimum Gasteiger partial charge on any atom is -0.380 e. The van der Waals surface area contributed by atoms with E-state index in [1.165, 1.54) is 0 Å². The molecule has 0 aromatic rings. The van der Waals surface area contributed by atoms with Gasteiger partial charge in [-0.2, -0.15) is 0 Å². The second-order valence-corrected chi connectivity index (χ2v) is 5.30. The number of nitrogens with two attached hydrogens (primary N) is 1. The van der Waals surface area contributed by atoms with Gasteiger partial charge in [0.25, 0.3) is 0 Å². The lowest BCUT2D eigenvalue weighted by Crippen LogP contribution is -2.41. The molecule has 1 amide bonds. The van der Waals surface area contributed by atoms with Gasteiger partial charge < -0.3 is 15.8 Å². The lowest BCUT2D eigenvalue weighted by molar-refractivity contribution is -0.122. The van der Waals surface area contributed by atoms with Crippen molar-refractivity contribution in [2.75, 3.05) is 19.8 Å². The van der Waals surface area contributed by atoms with E-state index in [0.29, 0.717) is 38.0 Å². The van der Waals surface area contributed by atoms with Crippen LogP contribution in [0, 0.1) is 11.8 Å². The molecule has 2 unspecified atom stereocenters. The Morgan fingerprint density at radius 1 is 1.28 bits per heavy atom. The van der Waals surface area contributed by atoms with E-state index in [0.717, 1.165) is 12.8 Å². The molecular weight excluding hydrogens is 228 g/mol. The van der Waals surface area contributed by atoms with Crippen LogP contribution in [0.15, 0.2) is 0 Å². The highest BCUT2D eigenvalue weighted by molar-refractivity contribution is 5.76. The summed E-state index contributed by atoms with van der Waals surface area (Å²) in [6, 6.07) is 0.113. The largest absolute Gasteiger partial charge is 0.380 e. The third kappa shape index (κ3) is 8.48. The molecule has 0 fully saturated rings. The molecule has 3 N–H and O–H groups in total. The van der Waals surface area contributed by atoms with E-state index in [-0.39, 0.29) is 11.9 Å². The number of hydrogen-bond acceptors (Lipinski definition) is 3. The van der Waals surface area contributed by atoms with E-state index in [2.05, 4.69) is 26.1 Å². The maximum Gasteiger partial charge on any atom is 0.220 e. The highest BCUT2D eigenvalue weighted by atomic mass is 16.5. The standard InChI is InChI=1S/C14H30N2O2/c1-5-18-10-13(11(2)3)16-14(17)7-6-12(4)8-9-15/h11-13H,5-10,15H2,1-4H3,(H,16,17). The van der Waals surface area contributed by atoms with Crippen LogP contribution in [-0.2, 0) is 9.53 Å². The summed E-state index contributed by atoms with van der Waals surface area (Å²) < 4.78 is 5.39. The number of carbonyl (C=O) groups is 1. The Morgan fingerprint density at radius 2 is 1.94 bits per heavy atom. The van der Waals surface area contributed by atoms with Gasteiger partial charge in [-0.3, -0.25) is 4.79 Å². The fourth-order valence-corrected chi connectivity index (χ4v) is 1.73. The maximum absolute atomic E-state index is 11.8. The topological polar surface area (TPSA) is 64.3 Å². The number of hydrogen-bond donors (Lipinski definition) is 2. The Labute approximate surface area is 112 Å². The molecule has 0 aliphatic carbocycles. The van der Waals surface area contributed by atoms with Crippen LogP contribution in [-0.4, -0.2) is 31.7 Å². The van der Waals surface area contributed by atoms with E-state index >= 15 is 0 Å². The number of carbonyl (C=O) groups excluding carboxylic acids is 1. The van der Waals surface area contributed by atoms with E-state index in [4.69, 9.17) is 10.5 Å². The highest BCUT2D eigenvalue weighted by Gasteiger charge is 2.16. The molecule has 108 valence electrons. The number of amides is 1. The summed E-state index contributed by atoms with van der Waals surface area (Å²) in [6.07, 6.45) is 2.47. The van der Waals surface area contributed by atoms with Crippen molar-refractivity contribution >= 4 is 5.91 Å². The number of nitrogens with one attached hydrogen (secondary N) is 1. The molecule has 0 saturated carbocycles. The summed E-state index contributed by atoms with van der Waals surface area (Å²) in [4.78, 5) is 11.8. The van der Waals surface area contributed by atoms with Crippen LogP contribution in [0.3, 0.4) is 0 Å². The highest BCUT2D eigenvalue weighted by Crippen LogP contribution is 2.10. The van der Waals surface area contributed by atoms with E-state index < -0.39 is 0 Å². The normalized spacial score (nSPS) is 14.6. The van der Waals surface area contributed by atoms with Gasteiger partial charge in [0.2, 0.25) is 5.91 Å². The first-order valence-electron chi connectivity index (χ1n) is 7.08. The predicted octanol–water partition coefficient (Wildman–Crippen LogP) is 1.93. The minimum absolute atomic E-state index is 0.113. The fraction of sp³-hybridized carbons (Fsp3) is 0.929. The number of rotatable bonds is 10. The first-order valence-corrected chi connectivity index (χ1v) is 7.08. The molecule has 4 heteroatoms. The molecule has 18 heavy (non-hydrogen) atoms. The molecule has 0 rings (SSSR count). The predicted molar refractivity (Wildman–Crippen MR) is 75.3 cm³/mol. The molecule has 0 saturated heterocycles. The van der Waals surface area contributed by atoms with E-state index in [9.17, 15) is 4.79 Å². The van der Waals surface area contributed by atoms with Crippen molar-refractivity contribution < 1.29 is 9.53 Å². The van der Waals surface area contributed by atoms with E-state index in [1.54, 1.807) is 0 Å². The molecule has 0 aromatic heterocycles. The Kier molecular flexibility index (Phi) is 9.98. The quantitative estimate of drug-likeness (QED) is 0.629. The molecule has 0 aromatic carbocycles. The Balaban J connectivity index is 3.94. The van der Waals surface area contributed by atoms with Crippen LogP contribution in [0.1, 0.15) is 47.0 Å². The van der Waals surface area contributed by atoms with Crippen molar-refractivity contribution in [2.24, 2.45) is 17.6 Å². The Bertz CT molecular complexity index is 220. The molecular formula is C14H30N2O2. The second kappa shape index (κ2) is 10.3. The molecule has 0 aliphatic rings. The molecule has 0 heterocycles. The van der Waals surface area contributed by atoms with Gasteiger partial charge in [-0.05, 0) is 38.1 Å². The summed E-state index contributed by atoms with van der Waals surface area (Å²) >= 11 is 0. The summed E-state index contributed by atoms with van der Waals surface area (Å²) in [5, 5.41) is 3.05. The van der Waals surface area contributed by atoms with Crippen molar-refractivity contribution in [1.29, 1.82) is 0 Å². The van der Waals surface area contributed by atoms with Gasteiger partial charge >= 0.3 is 0 Å². The van der Waals surface area contributed by atoms with Gasteiger partial charge in [-0.15, -0.1) is 0 Å². The maximum atomic E-state index is 11.8. The van der Waals surface area contributed by atoms with Crippen LogP contribution in [0.2, 0.25) is 0 Å². The number of ether oxygens (including phenoxy) is 1. The van der Waals surface area contributed by atoms with Crippen molar-refractivity contribution in [2.45, 2.75) is 53.0 Å². The van der Waals surface area contributed by atoms with Gasteiger partial charge in [0.1, 0.15) is 0 Å². The zero-order chi connectivity index (χ0) is 14.0. The second-order valence-electron chi connectivity index (χ2n) is 5.30. The van der Waals surface area contributed by atoms with Crippen molar-refractivity contribution in [3.63, 3.8) is 0 Å². The zero-order valence-corrected chi connectivity index (χ0v) is 12.4. The van der Waals surface area contributed by atoms with Gasteiger partial charge in [0.05, 0.1) is 12.6 Å². The monoisotopic (exact) mass is 258 g/mol. The fourth-order valence-electron chi connectivity index (χ4n) is 1.73.